The van der Waals surface area contributed by atoms with Crippen LogP contribution in [0.25, 0.3) is 11.3 Å². The van der Waals surface area contributed by atoms with Crippen LogP contribution in [0.15, 0.2) is 35.4 Å². The Labute approximate surface area is 164 Å². The molecule has 1 aromatic carbocycles. The molecule has 0 aliphatic heterocycles. The minimum absolute atomic E-state index is 0.0673. The summed E-state index contributed by atoms with van der Waals surface area (Å²) in [6.45, 7) is 0. The van der Waals surface area contributed by atoms with Crippen molar-refractivity contribution in [1.29, 1.82) is 0 Å². The second kappa shape index (κ2) is 9.60. The number of aromatic nitrogens is 2. The van der Waals surface area contributed by atoms with Crippen LogP contribution in [0.5, 0.6) is 11.5 Å². The quantitative estimate of drug-likeness (QED) is 0.730. The second-order valence-corrected chi connectivity index (χ2v) is 7.51. The molecule has 1 heterocycles. The van der Waals surface area contributed by atoms with Crippen LogP contribution in [0.2, 0.25) is 0 Å². The van der Waals surface area contributed by atoms with Crippen LogP contribution in [-0.4, -0.2) is 42.1 Å². The Bertz CT molecular complexity index is 762. The van der Waals surface area contributed by atoms with Crippen molar-refractivity contribution in [2.24, 2.45) is 0 Å². The molecule has 144 valence electrons. The molecule has 1 amide bonds. The first-order chi connectivity index (χ1) is 13.2. The van der Waals surface area contributed by atoms with Gasteiger partial charge in [-0.2, -0.15) is 0 Å². The van der Waals surface area contributed by atoms with Gasteiger partial charge in [0, 0.05) is 11.6 Å². The van der Waals surface area contributed by atoms with Crippen molar-refractivity contribution >= 4 is 17.7 Å². The molecule has 1 aliphatic carbocycles. The smallest absolute Gasteiger partial charge is 0.230 e. The fourth-order valence-electron chi connectivity index (χ4n) is 3.20. The topological polar surface area (TPSA) is 73.3 Å². The number of thioether (sulfide) groups is 1. The van der Waals surface area contributed by atoms with E-state index in [4.69, 9.17) is 9.47 Å². The van der Waals surface area contributed by atoms with Gasteiger partial charge in [-0.1, -0.05) is 31.0 Å². The number of carbonyl (C=O) groups is 1. The lowest BCUT2D eigenvalue weighted by Gasteiger charge is -2.22. The zero-order valence-electron chi connectivity index (χ0n) is 15.7. The Hall–Kier alpha value is -2.28. The third kappa shape index (κ3) is 5.35. The van der Waals surface area contributed by atoms with Crippen LogP contribution in [0.3, 0.4) is 0 Å². The molecule has 1 N–H and O–H groups in total. The van der Waals surface area contributed by atoms with E-state index in [0.29, 0.717) is 23.3 Å². The van der Waals surface area contributed by atoms with Gasteiger partial charge in [0.2, 0.25) is 5.91 Å². The van der Waals surface area contributed by atoms with E-state index in [9.17, 15) is 4.79 Å². The molecule has 2 aromatic rings. The zero-order valence-corrected chi connectivity index (χ0v) is 16.6. The second-order valence-electron chi connectivity index (χ2n) is 6.52. The number of methoxy groups -OCH3 is 2. The van der Waals surface area contributed by atoms with E-state index < -0.39 is 0 Å². The Morgan fingerprint density at radius 1 is 1.07 bits per heavy atom. The summed E-state index contributed by atoms with van der Waals surface area (Å²) in [4.78, 5) is 12.1. The molecule has 0 spiro atoms. The summed E-state index contributed by atoms with van der Waals surface area (Å²) in [5.41, 5.74) is 1.64. The Morgan fingerprint density at radius 2 is 1.85 bits per heavy atom. The Kier molecular flexibility index (Phi) is 6.92. The van der Waals surface area contributed by atoms with Crippen molar-refractivity contribution in [2.75, 3.05) is 20.0 Å². The molecule has 27 heavy (non-hydrogen) atoms. The molecule has 6 nitrogen and oxygen atoms in total. The van der Waals surface area contributed by atoms with Crippen LogP contribution in [0, 0.1) is 0 Å². The highest BCUT2D eigenvalue weighted by Crippen LogP contribution is 2.31. The van der Waals surface area contributed by atoms with Gasteiger partial charge < -0.3 is 14.8 Å². The Balaban J connectivity index is 1.56. The predicted molar refractivity (Wildman–Crippen MR) is 106 cm³/mol. The lowest BCUT2D eigenvalue weighted by molar-refractivity contribution is -0.119. The van der Waals surface area contributed by atoms with Crippen molar-refractivity contribution in [3.8, 4) is 22.8 Å². The van der Waals surface area contributed by atoms with Gasteiger partial charge in [0.05, 0.1) is 25.7 Å². The van der Waals surface area contributed by atoms with E-state index in [0.717, 1.165) is 29.1 Å². The highest BCUT2D eigenvalue weighted by atomic mass is 32.2. The zero-order chi connectivity index (χ0) is 19.1. The van der Waals surface area contributed by atoms with E-state index in [1.807, 2.05) is 30.3 Å². The first-order valence-corrected chi connectivity index (χ1v) is 10.2. The summed E-state index contributed by atoms with van der Waals surface area (Å²) in [5.74, 6) is 1.75. The number of amides is 1. The lowest BCUT2D eigenvalue weighted by Crippen LogP contribution is -2.37. The van der Waals surface area contributed by atoms with Gasteiger partial charge in [0.1, 0.15) is 5.03 Å². The van der Waals surface area contributed by atoms with E-state index in [-0.39, 0.29) is 5.91 Å². The third-order valence-corrected chi connectivity index (χ3v) is 5.56. The van der Waals surface area contributed by atoms with Gasteiger partial charge in [-0.15, -0.1) is 10.2 Å². The monoisotopic (exact) mass is 387 g/mol. The number of rotatable bonds is 7. The minimum Gasteiger partial charge on any atom is -0.493 e. The first-order valence-electron chi connectivity index (χ1n) is 9.18. The maximum atomic E-state index is 12.1. The molecular weight excluding hydrogens is 362 g/mol. The molecule has 1 aromatic heterocycles. The molecule has 3 rings (SSSR count). The summed E-state index contributed by atoms with van der Waals surface area (Å²) in [5, 5.41) is 12.4. The largest absolute Gasteiger partial charge is 0.493 e. The van der Waals surface area contributed by atoms with Crippen LogP contribution >= 0.6 is 11.8 Å². The van der Waals surface area contributed by atoms with Gasteiger partial charge in [-0.05, 0) is 43.2 Å². The highest BCUT2D eigenvalue weighted by Gasteiger charge is 2.16. The number of nitrogens with one attached hydrogen (secondary N) is 1. The normalized spacial score (nSPS) is 14.6. The number of hydrogen-bond donors (Lipinski definition) is 1. The molecule has 0 unspecified atom stereocenters. The van der Waals surface area contributed by atoms with E-state index in [2.05, 4.69) is 15.5 Å². The molecule has 1 fully saturated rings. The van der Waals surface area contributed by atoms with Gasteiger partial charge in [0.25, 0.3) is 0 Å². The van der Waals surface area contributed by atoms with Crippen molar-refractivity contribution in [2.45, 2.75) is 43.2 Å². The molecule has 0 saturated heterocycles. The van der Waals surface area contributed by atoms with E-state index in [1.165, 1.54) is 31.0 Å². The average molecular weight is 388 g/mol. The summed E-state index contributed by atoms with van der Waals surface area (Å²) in [6.07, 6.45) is 5.89. The highest BCUT2D eigenvalue weighted by molar-refractivity contribution is 7.99. The minimum atomic E-state index is 0.0673. The third-order valence-electron chi connectivity index (χ3n) is 4.64. The van der Waals surface area contributed by atoms with E-state index in [1.54, 1.807) is 14.2 Å². The average Bonchev–Trinajstić information content (AvgIpc) is 2.73. The maximum Gasteiger partial charge on any atom is 0.230 e. The fourth-order valence-corrected chi connectivity index (χ4v) is 3.83. The number of ether oxygens (including phenoxy) is 2. The number of hydrogen-bond acceptors (Lipinski definition) is 6. The van der Waals surface area contributed by atoms with Crippen LogP contribution < -0.4 is 14.8 Å². The van der Waals surface area contributed by atoms with Gasteiger partial charge in [-0.25, -0.2) is 0 Å². The summed E-state index contributed by atoms with van der Waals surface area (Å²) in [6, 6.07) is 9.75. The van der Waals surface area contributed by atoms with Crippen molar-refractivity contribution in [3.05, 3.63) is 30.3 Å². The summed E-state index contributed by atoms with van der Waals surface area (Å²) in [7, 11) is 3.21. The molecule has 7 heteroatoms. The lowest BCUT2D eigenvalue weighted by atomic mass is 9.95. The van der Waals surface area contributed by atoms with Gasteiger partial charge in [-0.3, -0.25) is 4.79 Å². The number of carbonyl (C=O) groups excluding carboxylic acids is 1. The van der Waals surface area contributed by atoms with Crippen LogP contribution in [-0.2, 0) is 4.79 Å². The van der Waals surface area contributed by atoms with Crippen LogP contribution in [0.4, 0.5) is 0 Å². The molecular formula is C20H25N3O3S. The summed E-state index contributed by atoms with van der Waals surface area (Å²) >= 11 is 1.40. The Morgan fingerprint density at radius 3 is 2.52 bits per heavy atom. The SMILES string of the molecule is COc1ccc(-c2ccc(SCC(=O)NC3CCCCC3)nn2)cc1OC. The molecule has 1 aliphatic rings. The maximum absolute atomic E-state index is 12.1. The molecule has 0 radical (unpaired) electrons. The fraction of sp³-hybridized carbons (Fsp3) is 0.450. The van der Waals surface area contributed by atoms with Gasteiger partial charge in [0.15, 0.2) is 11.5 Å². The van der Waals surface area contributed by atoms with Crippen molar-refractivity contribution in [3.63, 3.8) is 0 Å². The molecule has 1 saturated carbocycles. The van der Waals surface area contributed by atoms with Crippen LogP contribution in [0.1, 0.15) is 32.1 Å². The summed E-state index contributed by atoms with van der Waals surface area (Å²) < 4.78 is 10.6. The number of nitrogens with zero attached hydrogens (tertiary/aromatic N) is 2. The predicted octanol–water partition coefficient (Wildman–Crippen LogP) is 3.70. The van der Waals surface area contributed by atoms with Crippen molar-refractivity contribution in [1.82, 2.24) is 15.5 Å². The first kappa shape index (κ1) is 19.5. The van der Waals surface area contributed by atoms with E-state index >= 15 is 0 Å². The van der Waals surface area contributed by atoms with Gasteiger partial charge >= 0.3 is 0 Å². The molecule has 0 atom stereocenters. The van der Waals surface area contributed by atoms with Crippen molar-refractivity contribution < 1.29 is 14.3 Å². The number of benzene rings is 1. The molecule has 0 bridgehead atoms. The standard InChI is InChI=1S/C20H25N3O3S/c1-25-17-10-8-14(12-18(17)26-2)16-9-11-20(23-22-16)27-13-19(24)21-15-6-4-3-5-7-15/h8-12,15H,3-7,13H2,1-2H3,(H,21,24).